The average molecular weight is 161 g/mol. The molecule has 5 heteroatoms. The molecule has 64 valence electrons. The van der Waals surface area contributed by atoms with Gasteiger partial charge in [0.05, 0.1) is 4.92 Å². The quantitative estimate of drug-likeness (QED) is 0.446. The fourth-order valence-corrected chi connectivity index (χ4v) is 0.559. The van der Waals surface area contributed by atoms with Gasteiger partial charge in [0, 0.05) is 13.0 Å². The number of hydrogen-bond acceptors (Lipinski definition) is 4. The van der Waals surface area contributed by atoms with Crippen molar-refractivity contribution in [3.63, 3.8) is 0 Å². The lowest BCUT2D eigenvalue weighted by atomic mass is 10.0. The Morgan fingerprint density at radius 3 is 2.55 bits per heavy atom. The maximum Gasteiger partial charge on any atom is 0.270 e. The van der Waals surface area contributed by atoms with Crippen molar-refractivity contribution in [3.8, 4) is 0 Å². The second-order valence-electron chi connectivity index (χ2n) is 2.45. The van der Waals surface area contributed by atoms with Gasteiger partial charge >= 0.3 is 0 Å². The topological polar surface area (TPSA) is 83.6 Å². The van der Waals surface area contributed by atoms with Gasteiger partial charge in [-0.15, -0.1) is 0 Å². The van der Waals surface area contributed by atoms with E-state index in [1.165, 1.54) is 6.92 Å². The Kier molecular flexibility index (Phi) is 3.16. The van der Waals surface area contributed by atoms with E-state index in [1.807, 2.05) is 0 Å². The third kappa shape index (κ3) is 2.65. The van der Waals surface area contributed by atoms with Gasteiger partial charge < -0.3 is 10.2 Å². The van der Waals surface area contributed by atoms with E-state index in [2.05, 4.69) is 6.58 Å². The molecule has 0 rings (SSSR count). The summed E-state index contributed by atoms with van der Waals surface area (Å²) >= 11 is 0. The molecule has 0 aromatic carbocycles. The molecule has 0 amide bonds. The summed E-state index contributed by atoms with van der Waals surface area (Å²) in [6.07, 6.45) is -0.0766. The molecule has 11 heavy (non-hydrogen) atoms. The van der Waals surface area contributed by atoms with Crippen LogP contribution < -0.4 is 0 Å². The van der Waals surface area contributed by atoms with Crippen molar-refractivity contribution in [2.45, 2.75) is 18.9 Å². The van der Waals surface area contributed by atoms with Gasteiger partial charge in [0.2, 0.25) is 0 Å². The van der Waals surface area contributed by atoms with Gasteiger partial charge in [-0.2, -0.15) is 0 Å². The predicted octanol–water partition coefficient (Wildman–Crippen LogP) is -0.0898. The summed E-state index contributed by atoms with van der Waals surface area (Å²) < 4.78 is 0. The first-order chi connectivity index (χ1) is 4.91. The minimum absolute atomic E-state index is 0.0766. The fourth-order valence-electron chi connectivity index (χ4n) is 0.559. The van der Waals surface area contributed by atoms with Crippen LogP contribution in [0, 0.1) is 10.1 Å². The second-order valence-corrected chi connectivity index (χ2v) is 2.45. The van der Waals surface area contributed by atoms with E-state index in [9.17, 15) is 15.2 Å². The molecular weight excluding hydrogens is 150 g/mol. The Bertz CT molecular complexity index is 175. The van der Waals surface area contributed by atoms with Crippen LogP contribution in [0.25, 0.3) is 0 Å². The van der Waals surface area contributed by atoms with Crippen LogP contribution in [0.1, 0.15) is 13.3 Å². The van der Waals surface area contributed by atoms with Gasteiger partial charge in [-0.05, 0) is 13.5 Å². The number of aliphatic hydroxyl groups excluding tert-OH is 1. The van der Waals surface area contributed by atoms with Crippen molar-refractivity contribution in [1.82, 2.24) is 0 Å². The first kappa shape index (κ1) is 10.1. The fraction of sp³-hybridized carbons (Fsp3) is 0.667. The van der Waals surface area contributed by atoms with Crippen LogP contribution in [-0.2, 0) is 0 Å². The molecule has 2 N–H and O–H groups in total. The van der Waals surface area contributed by atoms with Crippen molar-refractivity contribution < 1.29 is 15.1 Å². The largest absolute Gasteiger partial charge is 0.396 e. The summed E-state index contributed by atoms with van der Waals surface area (Å²) in [7, 11) is 0. The molecule has 0 spiro atoms. The van der Waals surface area contributed by atoms with Gasteiger partial charge in [-0.25, -0.2) is 0 Å². The van der Waals surface area contributed by atoms with Crippen LogP contribution in [0.4, 0.5) is 0 Å². The minimum atomic E-state index is -1.61. The second kappa shape index (κ2) is 3.45. The number of rotatable bonds is 4. The maximum atomic E-state index is 10.1. The summed E-state index contributed by atoms with van der Waals surface area (Å²) in [5, 5.41) is 27.7. The van der Waals surface area contributed by atoms with Gasteiger partial charge in [0.1, 0.15) is 0 Å². The van der Waals surface area contributed by atoms with E-state index in [1.54, 1.807) is 0 Å². The number of nitro groups is 1. The number of nitrogens with zero attached hydrogens (tertiary/aromatic N) is 1. The summed E-state index contributed by atoms with van der Waals surface area (Å²) in [6, 6.07) is 0. The van der Waals surface area contributed by atoms with Crippen molar-refractivity contribution >= 4 is 0 Å². The zero-order valence-electron chi connectivity index (χ0n) is 6.28. The smallest absolute Gasteiger partial charge is 0.270 e. The highest BCUT2D eigenvalue weighted by Gasteiger charge is 2.32. The first-order valence-electron chi connectivity index (χ1n) is 3.09. The summed E-state index contributed by atoms with van der Waals surface area (Å²) in [5.41, 5.74) is -2.11. The van der Waals surface area contributed by atoms with Crippen LogP contribution in [-0.4, -0.2) is 27.3 Å². The van der Waals surface area contributed by atoms with Crippen molar-refractivity contribution in [2.24, 2.45) is 0 Å². The van der Waals surface area contributed by atoms with Gasteiger partial charge in [0.15, 0.2) is 5.60 Å². The monoisotopic (exact) mass is 161 g/mol. The van der Waals surface area contributed by atoms with Crippen LogP contribution >= 0.6 is 0 Å². The molecule has 1 unspecified atom stereocenters. The highest BCUT2D eigenvalue weighted by Crippen LogP contribution is 2.18. The number of hydrogen-bond donors (Lipinski definition) is 2. The molecule has 0 aliphatic rings. The Labute approximate surface area is 64.1 Å². The lowest BCUT2D eigenvalue weighted by Crippen LogP contribution is -2.31. The normalized spacial score (nSPS) is 15.5. The minimum Gasteiger partial charge on any atom is -0.396 e. The molecular formula is C6H11NO4. The summed E-state index contributed by atoms with van der Waals surface area (Å²) in [4.78, 5) is 9.33. The van der Waals surface area contributed by atoms with E-state index in [-0.39, 0.29) is 13.0 Å². The Hall–Kier alpha value is -0.940. The third-order valence-corrected chi connectivity index (χ3v) is 1.44. The molecule has 0 aromatic heterocycles. The zero-order chi connectivity index (χ0) is 9.07. The third-order valence-electron chi connectivity index (χ3n) is 1.44. The zero-order valence-corrected chi connectivity index (χ0v) is 6.28. The van der Waals surface area contributed by atoms with E-state index >= 15 is 0 Å². The molecule has 0 bridgehead atoms. The van der Waals surface area contributed by atoms with Crippen LogP contribution in [0.3, 0.4) is 0 Å². The van der Waals surface area contributed by atoms with Crippen molar-refractivity contribution in [3.05, 3.63) is 22.4 Å². The van der Waals surface area contributed by atoms with E-state index < -0.39 is 16.2 Å². The van der Waals surface area contributed by atoms with Gasteiger partial charge in [-0.1, -0.05) is 0 Å². The van der Waals surface area contributed by atoms with Crippen LogP contribution in [0.2, 0.25) is 0 Å². The maximum absolute atomic E-state index is 10.1. The molecule has 0 aromatic rings. The van der Waals surface area contributed by atoms with Crippen molar-refractivity contribution in [2.75, 3.05) is 6.61 Å². The van der Waals surface area contributed by atoms with Crippen LogP contribution in [0.5, 0.6) is 0 Å². The van der Waals surface area contributed by atoms with Gasteiger partial charge in [-0.3, -0.25) is 10.1 Å². The average Bonchev–Trinajstić information content (AvgIpc) is 1.86. The molecule has 0 heterocycles. The number of aliphatic hydroxyl groups is 2. The Morgan fingerprint density at radius 1 is 1.82 bits per heavy atom. The molecule has 1 atom stereocenters. The molecule has 0 fully saturated rings. The molecule has 0 aliphatic carbocycles. The molecule has 5 nitrogen and oxygen atoms in total. The SMILES string of the molecule is C=C([N+](=O)[O-])C(C)(O)CCO. The molecule has 0 saturated heterocycles. The Balaban J connectivity index is 4.29. The van der Waals surface area contributed by atoms with E-state index in [4.69, 9.17) is 5.11 Å². The van der Waals surface area contributed by atoms with E-state index in [0.717, 1.165) is 0 Å². The first-order valence-corrected chi connectivity index (χ1v) is 3.09. The highest BCUT2D eigenvalue weighted by atomic mass is 16.6. The Morgan fingerprint density at radius 2 is 2.27 bits per heavy atom. The lowest BCUT2D eigenvalue weighted by molar-refractivity contribution is -0.443. The highest BCUT2D eigenvalue weighted by molar-refractivity contribution is 5.00. The standard InChI is InChI=1S/C6H11NO4/c1-5(7(10)11)6(2,9)3-4-8/h8-9H,1,3-4H2,2H3. The lowest BCUT2D eigenvalue weighted by Gasteiger charge is -2.17. The summed E-state index contributed by atoms with van der Waals surface area (Å²) in [5.74, 6) is 0. The molecule has 0 aliphatic heterocycles. The predicted molar refractivity (Wildman–Crippen MR) is 38.5 cm³/mol. The van der Waals surface area contributed by atoms with Gasteiger partial charge in [0.25, 0.3) is 5.70 Å². The summed E-state index contributed by atoms with van der Waals surface area (Å²) in [6.45, 7) is 4.02. The van der Waals surface area contributed by atoms with Crippen molar-refractivity contribution in [1.29, 1.82) is 0 Å². The molecule has 0 radical (unpaired) electrons. The van der Waals surface area contributed by atoms with E-state index in [0.29, 0.717) is 0 Å². The van der Waals surface area contributed by atoms with Crippen LogP contribution in [0.15, 0.2) is 12.3 Å². The molecule has 0 saturated carbocycles.